The van der Waals surface area contributed by atoms with Crippen LogP contribution >= 0.6 is 0 Å². The van der Waals surface area contributed by atoms with Gasteiger partial charge < -0.3 is 10.2 Å². The summed E-state index contributed by atoms with van der Waals surface area (Å²) in [4.78, 5) is 0. The van der Waals surface area contributed by atoms with E-state index in [1.165, 1.54) is 0 Å². The van der Waals surface area contributed by atoms with E-state index in [0.717, 1.165) is 11.1 Å². The zero-order valence-corrected chi connectivity index (χ0v) is 7.41. The van der Waals surface area contributed by atoms with E-state index >= 15 is 0 Å². The highest BCUT2D eigenvalue weighted by Crippen LogP contribution is 2.23. The van der Waals surface area contributed by atoms with Crippen LogP contribution in [0.25, 0.3) is 0 Å². The Morgan fingerprint density at radius 3 is 2.25 bits per heavy atom. The second-order valence-electron chi connectivity index (χ2n) is 3.37. The second kappa shape index (κ2) is 3.25. The van der Waals surface area contributed by atoms with Crippen molar-refractivity contribution in [2.24, 2.45) is 0 Å². The van der Waals surface area contributed by atoms with Crippen LogP contribution in [0.15, 0.2) is 24.3 Å². The fourth-order valence-corrected chi connectivity index (χ4v) is 1.26. The minimum absolute atomic E-state index is 0.0276. The van der Waals surface area contributed by atoms with Crippen LogP contribution in [-0.4, -0.2) is 10.2 Å². The number of rotatable bonds is 2. The van der Waals surface area contributed by atoms with Crippen molar-refractivity contribution in [3.8, 4) is 0 Å². The van der Waals surface area contributed by atoms with Crippen molar-refractivity contribution >= 4 is 0 Å². The zero-order valence-electron chi connectivity index (χ0n) is 7.41. The Hall–Kier alpha value is -0.860. The van der Waals surface area contributed by atoms with Crippen LogP contribution in [-0.2, 0) is 12.2 Å². The van der Waals surface area contributed by atoms with Crippen LogP contribution in [0.3, 0.4) is 0 Å². The molecule has 1 rings (SSSR count). The average molecular weight is 166 g/mol. The molecule has 2 heteroatoms. The summed E-state index contributed by atoms with van der Waals surface area (Å²) in [6, 6.07) is 7.34. The standard InChI is InChI=1S/C10H14O2/c1-10(2,12)9-6-4-3-5-8(9)7-11/h3-6,11-12H,7H2,1-2H3. The van der Waals surface area contributed by atoms with Crippen LogP contribution in [0.4, 0.5) is 0 Å². The van der Waals surface area contributed by atoms with Crippen molar-refractivity contribution < 1.29 is 10.2 Å². The molecular weight excluding hydrogens is 152 g/mol. The molecule has 0 heterocycles. The molecule has 0 bridgehead atoms. The first-order chi connectivity index (χ1) is 5.55. The first kappa shape index (κ1) is 9.23. The molecule has 2 N–H and O–H groups in total. The third kappa shape index (κ3) is 1.84. The van der Waals surface area contributed by atoms with Crippen LogP contribution < -0.4 is 0 Å². The van der Waals surface area contributed by atoms with Crippen LogP contribution in [0.5, 0.6) is 0 Å². The first-order valence-electron chi connectivity index (χ1n) is 3.97. The predicted molar refractivity (Wildman–Crippen MR) is 47.6 cm³/mol. The van der Waals surface area contributed by atoms with Gasteiger partial charge in [-0.1, -0.05) is 24.3 Å². The van der Waals surface area contributed by atoms with E-state index in [9.17, 15) is 5.11 Å². The van der Waals surface area contributed by atoms with Gasteiger partial charge in [0.2, 0.25) is 0 Å². The summed E-state index contributed by atoms with van der Waals surface area (Å²) >= 11 is 0. The Labute approximate surface area is 72.5 Å². The molecule has 1 aromatic carbocycles. The molecule has 0 saturated heterocycles. The van der Waals surface area contributed by atoms with Gasteiger partial charge in [-0.2, -0.15) is 0 Å². The maximum atomic E-state index is 9.69. The summed E-state index contributed by atoms with van der Waals surface area (Å²) in [5.41, 5.74) is 0.691. The van der Waals surface area contributed by atoms with E-state index in [-0.39, 0.29) is 6.61 Å². The number of hydrogen-bond donors (Lipinski definition) is 2. The molecule has 66 valence electrons. The molecule has 0 spiro atoms. The fourth-order valence-electron chi connectivity index (χ4n) is 1.26. The van der Waals surface area contributed by atoms with Crippen LogP contribution in [0.2, 0.25) is 0 Å². The Bertz CT molecular complexity index is 261. The highest BCUT2D eigenvalue weighted by Gasteiger charge is 2.18. The molecule has 0 aliphatic heterocycles. The van der Waals surface area contributed by atoms with Gasteiger partial charge in [0.25, 0.3) is 0 Å². The summed E-state index contributed by atoms with van der Waals surface area (Å²) in [6.45, 7) is 3.39. The van der Waals surface area contributed by atoms with Gasteiger partial charge in [0.1, 0.15) is 0 Å². The Morgan fingerprint density at radius 2 is 1.83 bits per heavy atom. The molecule has 1 aromatic rings. The lowest BCUT2D eigenvalue weighted by atomic mass is 9.94. The van der Waals surface area contributed by atoms with Crippen molar-refractivity contribution in [3.63, 3.8) is 0 Å². The van der Waals surface area contributed by atoms with Gasteiger partial charge in [-0.3, -0.25) is 0 Å². The molecule has 12 heavy (non-hydrogen) atoms. The van der Waals surface area contributed by atoms with Crippen molar-refractivity contribution in [1.82, 2.24) is 0 Å². The summed E-state index contributed by atoms with van der Waals surface area (Å²) in [6.07, 6.45) is 0. The lowest BCUT2D eigenvalue weighted by Crippen LogP contribution is -2.17. The highest BCUT2D eigenvalue weighted by molar-refractivity contribution is 5.30. The molecule has 2 nitrogen and oxygen atoms in total. The molecule has 0 aromatic heterocycles. The molecule has 0 aliphatic rings. The SMILES string of the molecule is CC(C)(O)c1ccccc1CO. The summed E-state index contributed by atoms with van der Waals surface area (Å²) in [5, 5.41) is 18.7. The molecule has 0 amide bonds. The molecule has 0 atom stereocenters. The fraction of sp³-hybridized carbons (Fsp3) is 0.400. The van der Waals surface area contributed by atoms with Crippen LogP contribution in [0, 0.1) is 0 Å². The average Bonchev–Trinajstić information content (AvgIpc) is 2.03. The van der Waals surface area contributed by atoms with E-state index in [2.05, 4.69) is 0 Å². The maximum absolute atomic E-state index is 9.69. The monoisotopic (exact) mass is 166 g/mol. The van der Waals surface area contributed by atoms with Crippen molar-refractivity contribution in [2.45, 2.75) is 26.1 Å². The maximum Gasteiger partial charge on any atom is 0.0844 e. The van der Waals surface area contributed by atoms with Gasteiger partial charge in [0.15, 0.2) is 0 Å². The summed E-state index contributed by atoms with van der Waals surface area (Å²) in [5.74, 6) is 0. The van der Waals surface area contributed by atoms with Crippen LogP contribution in [0.1, 0.15) is 25.0 Å². The summed E-state index contributed by atoms with van der Waals surface area (Å²) in [7, 11) is 0. The van der Waals surface area contributed by atoms with Gasteiger partial charge in [-0.15, -0.1) is 0 Å². The minimum atomic E-state index is -0.876. The first-order valence-corrected chi connectivity index (χ1v) is 3.97. The lowest BCUT2D eigenvalue weighted by Gasteiger charge is -2.20. The molecule has 0 unspecified atom stereocenters. The second-order valence-corrected chi connectivity index (χ2v) is 3.37. The Balaban J connectivity index is 3.14. The molecule has 0 radical (unpaired) electrons. The van der Waals surface area contributed by atoms with Crippen molar-refractivity contribution in [3.05, 3.63) is 35.4 Å². The lowest BCUT2D eigenvalue weighted by molar-refractivity contribution is 0.0760. The van der Waals surface area contributed by atoms with E-state index in [4.69, 9.17) is 5.11 Å². The van der Waals surface area contributed by atoms with Crippen molar-refractivity contribution in [1.29, 1.82) is 0 Å². The van der Waals surface area contributed by atoms with E-state index in [0.29, 0.717) is 0 Å². The zero-order chi connectivity index (χ0) is 9.19. The number of aliphatic hydroxyl groups excluding tert-OH is 1. The topological polar surface area (TPSA) is 40.5 Å². The molecule has 0 fully saturated rings. The number of aliphatic hydroxyl groups is 2. The molecular formula is C10H14O2. The highest BCUT2D eigenvalue weighted by atomic mass is 16.3. The Kier molecular flexibility index (Phi) is 2.50. The quantitative estimate of drug-likeness (QED) is 0.697. The number of hydrogen-bond acceptors (Lipinski definition) is 2. The van der Waals surface area contributed by atoms with E-state index in [1.807, 2.05) is 24.3 Å². The third-order valence-corrected chi connectivity index (χ3v) is 1.85. The minimum Gasteiger partial charge on any atom is -0.392 e. The van der Waals surface area contributed by atoms with Gasteiger partial charge >= 0.3 is 0 Å². The van der Waals surface area contributed by atoms with E-state index < -0.39 is 5.60 Å². The van der Waals surface area contributed by atoms with Gasteiger partial charge in [-0.25, -0.2) is 0 Å². The predicted octanol–water partition coefficient (Wildman–Crippen LogP) is 1.41. The van der Waals surface area contributed by atoms with E-state index in [1.54, 1.807) is 13.8 Å². The normalized spacial score (nSPS) is 11.7. The van der Waals surface area contributed by atoms with Crippen molar-refractivity contribution in [2.75, 3.05) is 0 Å². The van der Waals surface area contributed by atoms with Gasteiger partial charge in [0, 0.05) is 0 Å². The molecule has 0 aliphatic carbocycles. The molecule has 0 saturated carbocycles. The van der Waals surface area contributed by atoms with Gasteiger partial charge in [0.05, 0.1) is 12.2 Å². The smallest absolute Gasteiger partial charge is 0.0844 e. The largest absolute Gasteiger partial charge is 0.392 e. The van der Waals surface area contributed by atoms with Gasteiger partial charge in [-0.05, 0) is 25.0 Å². The summed E-state index contributed by atoms with van der Waals surface area (Å²) < 4.78 is 0. The Morgan fingerprint density at radius 1 is 1.25 bits per heavy atom. The number of benzene rings is 1. The third-order valence-electron chi connectivity index (χ3n) is 1.85.